The number of carboxylic acid groups (broad SMARTS) is 1. The Morgan fingerprint density at radius 2 is 1.81 bits per heavy atom. The van der Waals surface area contributed by atoms with Gasteiger partial charge in [-0.1, -0.05) is 36.4 Å². The van der Waals surface area contributed by atoms with Crippen LogP contribution in [0.5, 0.6) is 5.75 Å². The first-order valence-corrected chi connectivity index (χ1v) is 8.75. The van der Waals surface area contributed by atoms with Crippen molar-refractivity contribution in [1.82, 2.24) is 4.90 Å². The van der Waals surface area contributed by atoms with E-state index in [0.717, 1.165) is 49.7 Å². The molecule has 136 valence electrons. The maximum Gasteiger partial charge on any atom is 0.335 e. The Hall–Kier alpha value is -2.63. The molecule has 0 atom stereocenters. The number of hydrogen-bond acceptors (Lipinski definition) is 4. The minimum absolute atomic E-state index is 0.288. The number of aromatic carboxylic acids is 1. The molecule has 2 aromatic carbocycles. The van der Waals surface area contributed by atoms with Crippen LogP contribution in [-0.4, -0.2) is 55.4 Å². The van der Waals surface area contributed by atoms with E-state index < -0.39 is 5.97 Å². The van der Waals surface area contributed by atoms with Crippen LogP contribution in [0, 0.1) is 0 Å². The summed E-state index contributed by atoms with van der Waals surface area (Å²) in [5.41, 5.74) is 2.18. The minimum Gasteiger partial charge on any atom is -0.492 e. The lowest BCUT2D eigenvalue weighted by Crippen LogP contribution is -2.38. The molecule has 0 unspecified atom stereocenters. The first kappa shape index (κ1) is 18.2. The zero-order valence-electron chi connectivity index (χ0n) is 14.6. The number of carboxylic acids is 1. The molecule has 1 N–H and O–H groups in total. The molecular weight excluding hydrogens is 330 g/mol. The van der Waals surface area contributed by atoms with Crippen molar-refractivity contribution >= 4 is 18.1 Å². The molecule has 2 aromatic rings. The molecule has 0 aromatic heterocycles. The first-order chi connectivity index (χ1) is 12.7. The van der Waals surface area contributed by atoms with Crippen LogP contribution in [0.3, 0.4) is 0 Å². The highest BCUT2D eigenvalue weighted by Crippen LogP contribution is 2.15. The number of benzene rings is 2. The second-order valence-electron chi connectivity index (χ2n) is 6.14. The Bertz CT molecular complexity index is 749. The van der Waals surface area contributed by atoms with Crippen molar-refractivity contribution in [2.24, 2.45) is 0 Å². The molecule has 26 heavy (non-hydrogen) atoms. The summed E-state index contributed by atoms with van der Waals surface area (Å²) in [7, 11) is 0. The topological polar surface area (TPSA) is 59.0 Å². The third-order valence-electron chi connectivity index (χ3n) is 4.26. The summed E-state index contributed by atoms with van der Waals surface area (Å²) < 4.78 is 11.1. The van der Waals surface area contributed by atoms with Crippen LogP contribution in [0.2, 0.25) is 0 Å². The van der Waals surface area contributed by atoms with E-state index in [9.17, 15) is 4.79 Å². The summed E-state index contributed by atoms with van der Waals surface area (Å²) in [6.45, 7) is 5.11. The molecule has 1 fully saturated rings. The van der Waals surface area contributed by atoms with Crippen LogP contribution >= 0.6 is 0 Å². The Labute approximate surface area is 153 Å². The second-order valence-corrected chi connectivity index (χ2v) is 6.14. The third-order valence-corrected chi connectivity index (χ3v) is 4.26. The van der Waals surface area contributed by atoms with Crippen molar-refractivity contribution in [3.05, 3.63) is 65.2 Å². The molecule has 1 saturated heterocycles. The van der Waals surface area contributed by atoms with E-state index in [0.29, 0.717) is 6.61 Å². The van der Waals surface area contributed by atoms with Crippen LogP contribution in [0.4, 0.5) is 0 Å². The summed E-state index contributed by atoms with van der Waals surface area (Å²) in [5.74, 6) is -0.0675. The summed E-state index contributed by atoms with van der Waals surface area (Å²) in [6.07, 6.45) is 3.86. The molecule has 0 spiro atoms. The van der Waals surface area contributed by atoms with Gasteiger partial charge < -0.3 is 14.6 Å². The number of carbonyl (C=O) groups is 1. The van der Waals surface area contributed by atoms with Gasteiger partial charge in [0, 0.05) is 19.6 Å². The zero-order chi connectivity index (χ0) is 18.2. The summed E-state index contributed by atoms with van der Waals surface area (Å²) in [6, 6.07) is 14.7. The van der Waals surface area contributed by atoms with Crippen LogP contribution in [0.25, 0.3) is 12.2 Å². The lowest BCUT2D eigenvalue weighted by Gasteiger charge is -2.26. The number of rotatable bonds is 7. The van der Waals surface area contributed by atoms with E-state index in [1.807, 2.05) is 42.5 Å². The quantitative estimate of drug-likeness (QED) is 0.774. The molecule has 0 bridgehead atoms. The van der Waals surface area contributed by atoms with Crippen molar-refractivity contribution in [1.29, 1.82) is 0 Å². The van der Waals surface area contributed by atoms with E-state index in [4.69, 9.17) is 14.6 Å². The van der Waals surface area contributed by atoms with Crippen molar-refractivity contribution in [3.63, 3.8) is 0 Å². The zero-order valence-corrected chi connectivity index (χ0v) is 14.6. The van der Waals surface area contributed by atoms with Gasteiger partial charge in [0.15, 0.2) is 0 Å². The average molecular weight is 353 g/mol. The highest BCUT2D eigenvalue weighted by Gasteiger charge is 2.09. The van der Waals surface area contributed by atoms with Gasteiger partial charge in [-0.25, -0.2) is 4.79 Å². The van der Waals surface area contributed by atoms with Gasteiger partial charge in [0.1, 0.15) is 12.4 Å². The van der Waals surface area contributed by atoms with Gasteiger partial charge in [0.2, 0.25) is 0 Å². The molecule has 1 heterocycles. The van der Waals surface area contributed by atoms with Gasteiger partial charge in [0.05, 0.1) is 18.8 Å². The van der Waals surface area contributed by atoms with Gasteiger partial charge in [-0.3, -0.25) is 4.90 Å². The molecule has 5 nitrogen and oxygen atoms in total. The predicted molar refractivity (Wildman–Crippen MR) is 102 cm³/mol. The predicted octanol–water partition coefficient (Wildman–Crippen LogP) is 3.27. The van der Waals surface area contributed by atoms with Crippen molar-refractivity contribution < 1.29 is 19.4 Å². The van der Waals surface area contributed by atoms with Gasteiger partial charge in [0.25, 0.3) is 0 Å². The lowest BCUT2D eigenvalue weighted by molar-refractivity contribution is 0.0322. The van der Waals surface area contributed by atoms with Crippen LogP contribution in [0.15, 0.2) is 48.5 Å². The standard InChI is InChI=1S/C21H23NO4/c23-21(24)19-3-1-2-18(16-19)5-4-17-6-8-20(9-7-17)26-15-12-22-10-13-25-14-11-22/h1-9,16H,10-15H2,(H,23,24)/b5-4-. The number of hydrogen-bond donors (Lipinski definition) is 1. The van der Waals surface area contributed by atoms with E-state index in [-0.39, 0.29) is 5.56 Å². The number of ether oxygens (including phenoxy) is 2. The van der Waals surface area contributed by atoms with Crippen LogP contribution in [-0.2, 0) is 4.74 Å². The fourth-order valence-electron chi connectivity index (χ4n) is 2.76. The SMILES string of the molecule is O=C(O)c1cccc(/C=C\c2ccc(OCCN3CCOCC3)cc2)c1. The first-order valence-electron chi connectivity index (χ1n) is 8.75. The highest BCUT2D eigenvalue weighted by atomic mass is 16.5. The van der Waals surface area contributed by atoms with E-state index in [1.54, 1.807) is 18.2 Å². The highest BCUT2D eigenvalue weighted by molar-refractivity contribution is 5.88. The Morgan fingerprint density at radius 3 is 2.54 bits per heavy atom. The fraction of sp³-hybridized carbons (Fsp3) is 0.286. The minimum atomic E-state index is -0.918. The maximum absolute atomic E-state index is 11.0. The number of nitrogens with zero attached hydrogens (tertiary/aromatic N) is 1. The molecular formula is C21H23NO4. The average Bonchev–Trinajstić information content (AvgIpc) is 2.68. The van der Waals surface area contributed by atoms with Gasteiger partial charge >= 0.3 is 5.97 Å². The van der Waals surface area contributed by atoms with Gasteiger partial charge in [-0.15, -0.1) is 0 Å². The maximum atomic E-state index is 11.0. The Balaban J connectivity index is 1.50. The Kier molecular flexibility index (Phi) is 6.41. The third kappa shape index (κ3) is 5.44. The summed E-state index contributed by atoms with van der Waals surface area (Å²) in [5, 5.41) is 9.03. The van der Waals surface area contributed by atoms with Crippen molar-refractivity contribution in [3.8, 4) is 5.75 Å². The van der Waals surface area contributed by atoms with E-state index in [2.05, 4.69) is 4.90 Å². The fourth-order valence-corrected chi connectivity index (χ4v) is 2.76. The smallest absolute Gasteiger partial charge is 0.335 e. The van der Waals surface area contributed by atoms with Crippen LogP contribution in [0.1, 0.15) is 21.5 Å². The summed E-state index contributed by atoms with van der Waals surface area (Å²) >= 11 is 0. The molecule has 0 radical (unpaired) electrons. The molecule has 5 heteroatoms. The van der Waals surface area contributed by atoms with Gasteiger partial charge in [-0.2, -0.15) is 0 Å². The number of morpholine rings is 1. The molecule has 3 rings (SSSR count). The monoisotopic (exact) mass is 353 g/mol. The molecule has 1 aliphatic rings. The van der Waals surface area contributed by atoms with Crippen molar-refractivity contribution in [2.45, 2.75) is 0 Å². The van der Waals surface area contributed by atoms with E-state index >= 15 is 0 Å². The summed E-state index contributed by atoms with van der Waals surface area (Å²) in [4.78, 5) is 13.3. The Morgan fingerprint density at radius 1 is 1.08 bits per heavy atom. The van der Waals surface area contributed by atoms with E-state index in [1.165, 1.54) is 0 Å². The molecule has 0 amide bonds. The van der Waals surface area contributed by atoms with Crippen LogP contribution < -0.4 is 4.74 Å². The molecule has 0 aliphatic carbocycles. The van der Waals surface area contributed by atoms with Gasteiger partial charge in [-0.05, 0) is 35.4 Å². The molecule has 0 saturated carbocycles. The van der Waals surface area contributed by atoms with Crippen molar-refractivity contribution in [2.75, 3.05) is 39.5 Å². The lowest BCUT2D eigenvalue weighted by atomic mass is 10.1. The largest absolute Gasteiger partial charge is 0.492 e. The second kappa shape index (κ2) is 9.17. The normalized spacial score (nSPS) is 15.2. The molecule has 1 aliphatic heterocycles.